The minimum Gasteiger partial charge on any atom is -0.486 e. The second kappa shape index (κ2) is 7.51. The van der Waals surface area contributed by atoms with Gasteiger partial charge in [0.25, 0.3) is 0 Å². The summed E-state index contributed by atoms with van der Waals surface area (Å²) in [5, 5.41) is 2.84. The van der Waals surface area contributed by atoms with E-state index < -0.39 is 0 Å². The predicted octanol–water partition coefficient (Wildman–Crippen LogP) is 5.32. The van der Waals surface area contributed by atoms with Crippen molar-refractivity contribution in [1.82, 2.24) is 4.57 Å². The molecule has 0 radical (unpaired) electrons. The molecule has 0 spiro atoms. The number of hydrogen-bond donors (Lipinski definition) is 0. The average molecular weight is 418 g/mol. The van der Waals surface area contributed by atoms with E-state index in [9.17, 15) is 4.79 Å². The Morgan fingerprint density at radius 1 is 1.07 bits per heavy atom. The zero-order valence-electron chi connectivity index (χ0n) is 15.3. The largest absolute Gasteiger partial charge is 0.486 e. The summed E-state index contributed by atoms with van der Waals surface area (Å²) in [6.07, 6.45) is 0. The van der Waals surface area contributed by atoms with Crippen molar-refractivity contribution in [2.45, 2.75) is 13.2 Å². The first-order valence-corrected chi connectivity index (χ1v) is 9.35. The number of methoxy groups -OCH3 is 1. The Kier molecular flexibility index (Phi) is 5.06. The highest BCUT2D eigenvalue weighted by Crippen LogP contribution is 2.34. The van der Waals surface area contributed by atoms with E-state index >= 15 is 0 Å². The lowest BCUT2D eigenvalue weighted by Gasteiger charge is -2.11. The number of aryl methyl sites for hydroxylation is 1. The number of hydrogen-bond acceptors (Lipinski definition) is 4. The molecular weight excluding hydrogens is 401 g/mol. The Hall–Kier alpha value is -2.47. The maximum Gasteiger partial charge on any atom is 0.336 e. The van der Waals surface area contributed by atoms with Crippen LogP contribution in [0, 0.1) is 0 Å². The molecule has 0 saturated carbocycles. The second-order valence-electron chi connectivity index (χ2n) is 6.41. The molecule has 28 heavy (non-hydrogen) atoms. The molecule has 0 bridgehead atoms. The highest BCUT2D eigenvalue weighted by atomic mass is 35.5. The number of rotatable bonds is 5. The van der Waals surface area contributed by atoms with Crippen molar-refractivity contribution in [3.63, 3.8) is 0 Å². The molecule has 5 nitrogen and oxygen atoms in total. The Balaban J connectivity index is 1.85. The average Bonchev–Trinajstić information content (AvgIpc) is 2.93. The zero-order chi connectivity index (χ0) is 19.8. The Morgan fingerprint density at radius 2 is 1.89 bits per heavy atom. The third-order valence-electron chi connectivity index (χ3n) is 4.74. The number of fused-ring (bicyclic) bond motifs is 3. The first-order chi connectivity index (χ1) is 13.5. The van der Waals surface area contributed by atoms with E-state index in [2.05, 4.69) is 4.57 Å². The molecule has 7 heteroatoms. The van der Waals surface area contributed by atoms with Gasteiger partial charge in [-0.1, -0.05) is 23.2 Å². The van der Waals surface area contributed by atoms with Crippen LogP contribution in [-0.4, -0.2) is 11.7 Å². The third kappa shape index (κ3) is 3.26. The normalized spacial score (nSPS) is 11.4. The van der Waals surface area contributed by atoms with Crippen LogP contribution >= 0.6 is 23.2 Å². The predicted molar refractivity (Wildman–Crippen MR) is 110 cm³/mol. The van der Waals surface area contributed by atoms with Crippen LogP contribution in [0.4, 0.5) is 0 Å². The van der Waals surface area contributed by atoms with Crippen molar-refractivity contribution in [2.75, 3.05) is 7.11 Å². The summed E-state index contributed by atoms with van der Waals surface area (Å²) in [5.41, 5.74) is 3.08. The van der Waals surface area contributed by atoms with Crippen molar-refractivity contribution < 1.29 is 13.9 Å². The molecule has 0 aliphatic rings. The van der Waals surface area contributed by atoms with E-state index in [1.165, 1.54) is 6.07 Å². The summed E-state index contributed by atoms with van der Waals surface area (Å²) in [6.45, 7) is 0.687. The molecule has 0 aliphatic carbocycles. The zero-order valence-corrected chi connectivity index (χ0v) is 16.8. The Labute approximate surface area is 171 Å². The highest BCUT2D eigenvalue weighted by Gasteiger charge is 2.19. The number of aromatic nitrogens is 1. The Bertz CT molecular complexity index is 1240. The van der Waals surface area contributed by atoms with E-state index in [1.54, 1.807) is 37.4 Å². The van der Waals surface area contributed by atoms with Crippen LogP contribution in [0.2, 0.25) is 10.0 Å². The van der Waals surface area contributed by atoms with Gasteiger partial charge in [-0.15, -0.1) is 0 Å². The van der Waals surface area contributed by atoms with Gasteiger partial charge >= 0.3 is 5.63 Å². The standard InChI is InChI=1S/C21H17Cl2NO4/c1-24-16-5-7-18-13(4-8-20(25)28-18)21(16)14(10-26-2)17(24)11-27-19-6-3-12(22)9-15(19)23/h3-9H,10-11H2,1-2H3. The molecule has 0 atom stereocenters. The van der Waals surface area contributed by atoms with Gasteiger partial charge in [-0.3, -0.25) is 0 Å². The molecule has 4 rings (SSSR count). The fourth-order valence-electron chi connectivity index (χ4n) is 3.45. The van der Waals surface area contributed by atoms with Gasteiger partial charge < -0.3 is 18.5 Å². The van der Waals surface area contributed by atoms with Crippen LogP contribution in [0.3, 0.4) is 0 Å². The van der Waals surface area contributed by atoms with Crippen molar-refractivity contribution in [3.05, 3.63) is 74.2 Å². The fraction of sp³-hybridized carbons (Fsp3) is 0.190. The van der Waals surface area contributed by atoms with E-state index in [1.807, 2.05) is 13.1 Å². The lowest BCUT2D eigenvalue weighted by atomic mass is 10.1. The van der Waals surface area contributed by atoms with Crippen molar-refractivity contribution in [1.29, 1.82) is 0 Å². The number of halogens is 2. The maximum absolute atomic E-state index is 11.6. The number of benzene rings is 2. The van der Waals surface area contributed by atoms with Gasteiger partial charge in [-0.25, -0.2) is 4.79 Å². The van der Waals surface area contributed by atoms with Crippen LogP contribution in [0.15, 0.2) is 51.7 Å². The summed E-state index contributed by atoms with van der Waals surface area (Å²) >= 11 is 12.2. The molecule has 0 unspecified atom stereocenters. The van der Waals surface area contributed by atoms with Crippen LogP contribution in [0.1, 0.15) is 11.3 Å². The van der Waals surface area contributed by atoms with E-state index in [0.717, 1.165) is 27.5 Å². The summed E-state index contributed by atoms with van der Waals surface area (Å²) < 4.78 is 18.8. The van der Waals surface area contributed by atoms with E-state index in [-0.39, 0.29) is 5.63 Å². The SMILES string of the molecule is COCc1c(COc2ccc(Cl)cc2Cl)n(C)c2ccc3oc(=O)ccc3c12. The summed E-state index contributed by atoms with van der Waals surface area (Å²) in [7, 11) is 3.61. The lowest BCUT2D eigenvalue weighted by molar-refractivity contribution is 0.182. The quantitative estimate of drug-likeness (QED) is 0.412. The molecule has 0 aliphatic heterocycles. The molecule has 0 amide bonds. The van der Waals surface area contributed by atoms with Crippen molar-refractivity contribution >= 4 is 45.1 Å². The van der Waals surface area contributed by atoms with Gasteiger partial charge in [0.05, 0.1) is 17.3 Å². The fourth-order valence-corrected chi connectivity index (χ4v) is 3.91. The minimum absolute atomic E-state index is 0.295. The maximum atomic E-state index is 11.6. The van der Waals surface area contributed by atoms with Crippen LogP contribution < -0.4 is 10.4 Å². The van der Waals surface area contributed by atoms with Gasteiger partial charge in [0, 0.05) is 47.1 Å². The first-order valence-electron chi connectivity index (χ1n) is 8.59. The highest BCUT2D eigenvalue weighted by molar-refractivity contribution is 6.35. The number of nitrogens with zero attached hydrogens (tertiary/aromatic N) is 1. The molecule has 4 aromatic rings. The molecule has 2 aromatic heterocycles. The van der Waals surface area contributed by atoms with Gasteiger partial charge in [0.2, 0.25) is 0 Å². The van der Waals surface area contributed by atoms with Crippen molar-refractivity contribution in [3.8, 4) is 5.75 Å². The smallest absolute Gasteiger partial charge is 0.336 e. The minimum atomic E-state index is -0.378. The molecule has 2 aromatic carbocycles. The molecule has 0 fully saturated rings. The van der Waals surface area contributed by atoms with Crippen LogP contribution in [0.25, 0.3) is 21.9 Å². The van der Waals surface area contributed by atoms with Gasteiger partial charge in [0.15, 0.2) is 0 Å². The monoisotopic (exact) mass is 417 g/mol. The third-order valence-corrected chi connectivity index (χ3v) is 5.27. The van der Waals surface area contributed by atoms with Crippen molar-refractivity contribution in [2.24, 2.45) is 7.05 Å². The molecule has 144 valence electrons. The summed E-state index contributed by atoms with van der Waals surface area (Å²) in [4.78, 5) is 11.6. The molecule has 0 saturated heterocycles. The topological polar surface area (TPSA) is 53.6 Å². The number of ether oxygens (including phenoxy) is 2. The van der Waals surface area contributed by atoms with Gasteiger partial charge in [-0.2, -0.15) is 0 Å². The van der Waals surface area contributed by atoms with Gasteiger partial charge in [-0.05, 0) is 36.4 Å². The van der Waals surface area contributed by atoms with Crippen LogP contribution in [0.5, 0.6) is 5.75 Å². The van der Waals surface area contributed by atoms with Gasteiger partial charge in [0.1, 0.15) is 17.9 Å². The summed E-state index contributed by atoms with van der Waals surface area (Å²) in [6, 6.07) is 12.1. The first kappa shape index (κ1) is 18.9. The summed E-state index contributed by atoms with van der Waals surface area (Å²) in [5.74, 6) is 0.551. The van der Waals surface area contributed by atoms with E-state index in [0.29, 0.717) is 34.6 Å². The molecular formula is C21H17Cl2NO4. The molecule has 2 heterocycles. The second-order valence-corrected chi connectivity index (χ2v) is 7.25. The molecule has 0 N–H and O–H groups in total. The Morgan fingerprint density at radius 3 is 2.64 bits per heavy atom. The van der Waals surface area contributed by atoms with Crippen LogP contribution in [-0.2, 0) is 25.0 Å². The van der Waals surface area contributed by atoms with E-state index in [4.69, 9.17) is 37.1 Å². The lowest BCUT2D eigenvalue weighted by Crippen LogP contribution is -2.05.